The Morgan fingerprint density at radius 2 is 1.93 bits per heavy atom. The number of benzene rings is 2. The third kappa shape index (κ3) is 3.94. The molecule has 0 atom stereocenters. The largest absolute Gasteiger partial charge is 0.510 e. The van der Waals surface area contributed by atoms with Crippen LogP contribution in [0.5, 0.6) is 0 Å². The summed E-state index contributed by atoms with van der Waals surface area (Å²) in [7, 11) is 1.36. The summed E-state index contributed by atoms with van der Waals surface area (Å²) in [5.74, 6) is -0.0145. The van der Waals surface area contributed by atoms with Crippen LogP contribution in [-0.2, 0) is 16.0 Å². The van der Waals surface area contributed by atoms with E-state index in [1.807, 2.05) is 41.8 Å². The Bertz CT molecular complexity index is 1140. The highest BCUT2D eigenvalue weighted by molar-refractivity contribution is 7.11. The van der Waals surface area contributed by atoms with Gasteiger partial charge in [0.1, 0.15) is 16.6 Å². The number of aliphatic hydroxyl groups is 1. The van der Waals surface area contributed by atoms with Gasteiger partial charge in [0, 0.05) is 21.7 Å². The molecule has 1 aromatic heterocycles. The summed E-state index contributed by atoms with van der Waals surface area (Å²) < 4.78 is 4.68. The van der Waals surface area contributed by atoms with Crippen LogP contribution < -0.4 is 4.90 Å². The molecule has 0 saturated carbocycles. The molecule has 152 valence electrons. The fraction of sp³-hybridized carbons (Fsp3) is 0.136. The Kier molecular flexibility index (Phi) is 5.57. The molecule has 0 radical (unpaired) electrons. The second-order valence-corrected chi connectivity index (χ2v) is 8.02. The van der Waals surface area contributed by atoms with Crippen LogP contribution in [0.2, 0.25) is 5.02 Å². The van der Waals surface area contributed by atoms with E-state index in [0.29, 0.717) is 15.6 Å². The van der Waals surface area contributed by atoms with E-state index in [1.54, 1.807) is 17.0 Å². The Morgan fingerprint density at radius 1 is 1.23 bits per heavy atom. The molecular weight excluding hydrogens is 422 g/mol. The maximum absolute atomic E-state index is 11.4. The molecule has 2 N–H and O–H groups in total. The van der Waals surface area contributed by atoms with Crippen molar-refractivity contribution < 1.29 is 14.6 Å². The first-order valence-electron chi connectivity index (χ1n) is 9.12. The number of carbonyl (C=O) groups excluding carboxylic acids is 1. The number of nitrogens with one attached hydrogen (secondary N) is 1. The molecule has 0 bridgehead atoms. The van der Waals surface area contributed by atoms with Crippen molar-refractivity contribution in [3.05, 3.63) is 75.3 Å². The first kappa shape index (κ1) is 20.1. The topological polar surface area (TPSA) is 86.5 Å². The molecule has 4 rings (SSSR count). The highest BCUT2D eigenvalue weighted by Gasteiger charge is 2.31. The predicted octanol–water partition coefficient (Wildman–Crippen LogP) is 4.95. The van der Waals surface area contributed by atoms with Gasteiger partial charge in [-0.3, -0.25) is 10.2 Å². The number of nitrogens with zero attached hydrogens (tertiary/aromatic N) is 2. The lowest BCUT2D eigenvalue weighted by atomic mass is 10.1. The minimum Gasteiger partial charge on any atom is -0.510 e. The van der Waals surface area contributed by atoms with Crippen molar-refractivity contribution in [2.75, 3.05) is 18.6 Å². The molecule has 3 aromatic rings. The number of anilines is 1. The molecule has 0 unspecified atom stereocenters. The SMILES string of the molecule is COC(=O)Cc1ccc(N2CC(O)=C(c3nc(-c4ccc(Cl)cc4)cs3)C2=N)cc1. The van der Waals surface area contributed by atoms with Gasteiger partial charge in [-0.05, 0) is 29.8 Å². The summed E-state index contributed by atoms with van der Waals surface area (Å²) in [6, 6.07) is 14.7. The molecule has 0 aliphatic carbocycles. The number of rotatable bonds is 5. The van der Waals surface area contributed by atoms with Gasteiger partial charge in [0.15, 0.2) is 0 Å². The highest BCUT2D eigenvalue weighted by atomic mass is 35.5. The van der Waals surface area contributed by atoms with Crippen LogP contribution in [0.4, 0.5) is 5.69 Å². The number of hydrogen-bond donors (Lipinski definition) is 2. The minimum atomic E-state index is -0.307. The molecule has 1 aliphatic rings. The van der Waals surface area contributed by atoms with Gasteiger partial charge in [0.25, 0.3) is 0 Å². The molecule has 0 amide bonds. The molecule has 30 heavy (non-hydrogen) atoms. The van der Waals surface area contributed by atoms with Gasteiger partial charge < -0.3 is 14.7 Å². The van der Waals surface area contributed by atoms with Gasteiger partial charge in [-0.25, -0.2) is 4.98 Å². The van der Waals surface area contributed by atoms with E-state index in [9.17, 15) is 9.90 Å². The Hall–Kier alpha value is -3.16. The summed E-state index contributed by atoms with van der Waals surface area (Å²) in [6.45, 7) is 0.195. The molecule has 2 heterocycles. The lowest BCUT2D eigenvalue weighted by molar-refractivity contribution is -0.139. The number of halogens is 1. The first-order valence-corrected chi connectivity index (χ1v) is 10.4. The van der Waals surface area contributed by atoms with E-state index in [2.05, 4.69) is 9.72 Å². The minimum absolute atomic E-state index is 0.107. The maximum atomic E-state index is 11.4. The van der Waals surface area contributed by atoms with Crippen LogP contribution in [0.3, 0.4) is 0 Å². The number of aromatic nitrogens is 1. The van der Waals surface area contributed by atoms with Crippen molar-refractivity contribution in [3.63, 3.8) is 0 Å². The lowest BCUT2D eigenvalue weighted by Gasteiger charge is -2.18. The fourth-order valence-electron chi connectivity index (χ4n) is 3.20. The zero-order chi connectivity index (χ0) is 21.3. The van der Waals surface area contributed by atoms with Crippen LogP contribution in [0, 0.1) is 5.41 Å². The second-order valence-electron chi connectivity index (χ2n) is 6.72. The number of hydrogen-bond acceptors (Lipinski definition) is 6. The quantitative estimate of drug-likeness (QED) is 0.549. The Morgan fingerprint density at radius 3 is 2.60 bits per heavy atom. The number of ether oxygens (including phenoxy) is 1. The average molecular weight is 440 g/mol. The van der Waals surface area contributed by atoms with E-state index in [4.69, 9.17) is 17.0 Å². The summed E-state index contributed by atoms with van der Waals surface area (Å²) >= 11 is 7.33. The van der Waals surface area contributed by atoms with Gasteiger partial charge in [-0.1, -0.05) is 35.9 Å². The Balaban J connectivity index is 1.54. The smallest absolute Gasteiger partial charge is 0.309 e. The summed E-state index contributed by atoms with van der Waals surface area (Å²) in [5.41, 5.74) is 3.69. The monoisotopic (exact) mass is 439 g/mol. The van der Waals surface area contributed by atoms with E-state index in [-0.39, 0.29) is 30.5 Å². The van der Waals surface area contributed by atoms with E-state index >= 15 is 0 Å². The summed E-state index contributed by atoms with van der Waals surface area (Å²) in [4.78, 5) is 17.7. The Labute approximate surface area is 182 Å². The molecule has 8 heteroatoms. The third-order valence-electron chi connectivity index (χ3n) is 4.79. The van der Waals surface area contributed by atoms with E-state index < -0.39 is 0 Å². The van der Waals surface area contributed by atoms with Crippen molar-refractivity contribution >= 4 is 46.0 Å². The number of carbonyl (C=O) groups is 1. The average Bonchev–Trinajstić information content (AvgIpc) is 3.33. The molecule has 0 spiro atoms. The van der Waals surface area contributed by atoms with Crippen LogP contribution in [0.25, 0.3) is 16.8 Å². The predicted molar refractivity (Wildman–Crippen MR) is 119 cm³/mol. The summed E-state index contributed by atoms with van der Waals surface area (Å²) in [5, 5.41) is 22.3. The van der Waals surface area contributed by atoms with Gasteiger partial charge in [0.2, 0.25) is 0 Å². The second kappa shape index (κ2) is 8.30. The number of amidine groups is 1. The van der Waals surface area contributed by atoms with Crippen molar-refractivity contribution in [2.24, 2.45) is 0 Å². The summed E-state index contributed by atoms with van der Waals surface area (Å²) in [6.07, 6.45) is 0.190. The van der Waals surface area contributed by atoms with E-state index in [1.165, 1.54) is 18.4 Å². The van der Waals surface area contributed by atoms with Crippen molar-refractivity contribution in [1.29, 1.82) is 5.41 Å². The highest BCUT2D eigenvalue weighted by Crippen LogP contribution is 2.34. The van der Waals surface area contributed by atoms with Crippen LogP contribution in [0.1, 0.15) is 10.6 Å². The van der Waals surface area contributed by atoms with Gasteiger partial charge >= 0.3 is 5.97 Å². The van der Waals surface area contributed by atoms with Gasteiger partial charge in [-0.15, -0.1) is 11.3 Å². The van der Waals surface area contributed by atoms with E-state index in [0.717, 1.165) is 22.5 Å². The normalized spacial score (nSPS) is 13.8. The molecule has 0 fully saturated rings. The number of thiazole rings is 1. The van der Waals surface area contributed by atoms with Crippen molar-refractivity contribution in [3.8, 4) is 11.3 Å². The number of esters is 1. The molecule has 1 aliphatic heterocycles. The lowest BCUT2D eigenvalue weighted by Crippen LogP contribution is -2.26. The third-order valence-corrected chi connectivity index (χ3v) is 5.90. The molecule has 0 saturated heterocycles. The van der Waals surface area contributed by atoms with Crippen LogP contribution in [0.15, 0.2) is 59.7 Å². The van der Waals surface area contributed by atoms with Crippen molar-refractivity contribution in [2.45, 2.75) is 6.42 Å². The standard InChI is InChI=1S/C22H18ClN3O3S/c1-29-19(28)10-13-2-8-16(9-3-13)26-11-18(27)20(21(26)24)22-25-17(12-30-22)14-4-6-15(23)7-5-14/h2-9,12,24,27H,10-11H2,1H3. The van der Waals surface area contributed by atoms with Crippen LogP contribution >= 0.6 is 22.9 Å². The maximum Gasteiger partial charge on any atom is 0.309 e. The molecular formula is C22H18ClN3O3S. The number of aliphatic hydroxyl groups excluding tert-OH is 1. The molecule has 6 nitrogen and oxygen atoms in total. The van der Waals surface area contributed by atoms with Gasteiger partial charge in [0.05, 0.1) is 31.3 Å². The van der Waals surface area contributed by atoms with Crippen molar-refractivity contribution in [1.82, 2.24) is 4.98 Å². The zero-order valence-electron chi connectivity index (χ0n) is 16.1. The van der Waals surface area contributed by atoms with Crippen LogP contribution in [-0.4, -0.2) is 35.5 Å². The zero-order valence-corrected chi connectivity index (χ0v) is 17.6. The number of methoxy groups -OCH3 is 1. The van der Waals surface area contributed by atoms with Gasteiger partial charge in [-0.2, -0.15) is 0 Å². The molecule has 2 aromatic carbocycles. The fourth-order valence-corrected chi connectivity index (χ4v) is 4.22. The first-order chi connectivity index (χ1) is 14.5.